The van der Waals surface area contributed by atoms with Crippen LogP contribution in [-0.2, 0) is 16.6 Å². The summed E-state index contributed by atoms with van der Waals surface area (Å²) < 4.78 is 57.0. The Morgan fingerprint density at radius 3 is 2.38 bits per heavy atom. The highest BCUT2D eigenvalue weighted by Crippen LogP contribution is 2.42. The van der Waals surface area contributed by atoms with Crippen molar-refractivity contribution < 1.29 is 22.5 Å². The third-order valence-electron chi connectivity index (χ3n) is 5.99. The van der Waals surface area contributed by atoms with Crippen LogP contribution in [0.2, 0.25) is 5.02 Å². The molecule has 0 bridgehead atoms. The van der Waals surface area contributed by atoms with Gasteiger partial charge in [0.1, 0.15) is 0 Å². The lowest BCUT2D eigenvalue weighted by atomic mass is 9.94. The number of nitrogens with one attached hydrogen (secondary N) is 1. The van der Waals surface area contributed by atoms with E-state index in [4.69, 9.17) is 11.6 Å². The molecule has 0 saturated heterocycles. The van der Waals surface area contributed by atoms with Crippen LogP contribution in [0.1, 0.15) is 49.7 Å². The number of fused-ring (bicyclic) bond motifs is 1. The van der Waals surface area contributed by atoms with Crippen LogP contribution >= 0.6 is 22.9 Å². The smallest absolute Gasteiger partial charge is 0.376 e. The Balaban J connectivity index is 1.84. The molecule has 196 valence electrons. The SMILES string of the molecule is CC(C)(C)S(=O)N[C@@H](c1cc2cccc(-c3cc([C@@](C)(O)C(F)(F)F)ccn3)c2s1)c1ccccc1Cl. The van der Waals surface area contributed by atoms with Crippen molar-refractivity contribution in [2.24, 2.45) is 0 Å². The van der Waals surface area contributed by atoms with E-state index in [-0.39, 0.29) is 5.56 Å². The van der Waals surface area contributed by atoms with Gasteiger partial charge in [-0.25, -0.2) is 8.93 Å². The second-order valence-corrected chi connectivity index (χ2v) is 13.3. The zero-order valence-corrected chi connectivity index (χ0v) is 22.9. The average Bonchev–Trinajstić information content (AvgIpc) is 3.26. The van der Waals surface area contributed by atoms with E-state index in [1.54, 1.807) is 18.2 Å². The molecule has 4 nitrogen and oxygen atoms in total. The summed E-state index contributed by atoms with van der Waals surface area (Å²) >= 11 is 7.95. The van der Waals surface area contributed by atoms with E-state index >= 15 is 0 Å². The summed E-state index contributed by atoms with van der Waals surface area (Å²) in [5.41, 5.74) is -1.62. The molecule has 0 spiro atoms. The Hall–Kier alpha value is -2.30. The molecule has 0 fully saturated rings. The van der Waals surface area contributed by atoms with Gasteiger partial charge in [-0.2, -0.15) is 13.2 Å². The number of hydrogen-bond acceptors (Lipinski definition) is 4. The number of alkyl halides is 3. The summed E-state index contributed by atoms with van der Waals surface area (Å²) in [6.45, 7) is 6.34. The average molecular weight is 567 g/mol. The molecule has 4 aromatic rings. The summed E-state index contributed by atoms with van der Waals surface area (Å²) in [6.07, 6.45) is -3.58. The Morgan fingerprint density at radius 1 is 1.03 bits per heavy atom. The second kappa shape index (κ2) is 10.1. The van der Waals surface area contributed by atoms with Crippen molar-refractivity contribution in [3.05, 3.63) is 87.9 Å². The minimum Gasteiger partial charge on any atom is -0.376 e. The van der Waals surface area contributed by atoms with Gasteiger partial charge in [-0.3, -0.25) is 4.98 Å². The molecule has 2 aromatic heterocycles. The Kier molecular flexibility index (Phi) is 7.58. The van der Waals surface area contributed by atoms with Crippen LogP contribution in [0.5, 0.6) is 0 Å². The van der Waals surface area contributed by atoms with Crippen molar-refractivity contribution >= 4 is 44.0 Å². The predicted octanol–water partition coefficient (Wildman–Crippen LogP) is 7.53. The van der Waals surface area contributed by atoms with Crippen LogP contribution in [0, 0.1) is 0 Å². The summed E-state index contributed by atoms with van der Waals surface area (Å²) in [5, 5.41) is 11.6. The number of thiophene rings is 1. The van der Waals surface area contributed by atoms with Crippen LogP contribution in [0.4, 0.5) is 13.2 Å². The fraction of sp³-hybridized carbons (Fsp3) is 0.296. The molecule has 0 saturated carbocycles. The highest BCUT2D eigenvalue weighted by atomic mass is 35.5. The number of rotatable bonds is 6. The van der Waals surface area contributed by atoms with Gasteiger partial charge in [-0.05, 0) is 68.5 Å². The van der Waals surface area contributed by atoms with E-state index in [2.05, 4.69) is 9.71 Å². The molecule has 3 atom stereocenters. The second-order valence-electron chi connectivity index (χ2n) is 9.83. The number of aliphatic hydroxyl groups is 1. The van der Waals surface area contributed by atoms with E-state index in [1.165, 1.54) is 23.6 Å². The van der Waals surface area contributed by atoms with Gasteiger partial charge in [0, 0.05) is 26.4 Å². The van der Waals surface area contributed by atoms with Gasteiger partial charge in [0.25, 0.3) is 0 Å². The Bertz CT molecular complexity index is 1460. The summed E-state index contributed by atoms with van der Waals surface area (Å²) in [6, 6.07) is 16.7. The van der Waals surface area contributed by atoms with Gasteiger partial charge in [0.05, 0.1) is 27.5 Å². The zero-order valence-electron chi connectivity index (χ0n) is 20.6. The van der Waals surface area contributed by atoms with E-state index in [0.29, 0.717) is 16.3 Å². The molecule has 2 heterocycles. The molecule has 2 aromatic carbocycles. The molecule has 0 aliphatic heterocycles. The van der Waals surface area contributed by atoms with Gasteiger partial charge < -0.3 is 5.11 Å². The minimum absolute atomic E-state index is 0.296. The van der Waals surface area contributed by atoms with Crippen molar-refractivity contribution in [2.75, 3.05) is 0 Å². The van der Waals surface area contributed by atoms with Crippen molar-refractivity contribution in [3.8, 4) is 11.3 Å². The van der Waals surface area contributed by atoms with Gasteiger partial charge in [-0.15, -0.1) is 11.3 Å². The highest BCUT2D eigenvalue weighted by molar-refractivity contribution is 7.84. The lowest BCUT2D eigenvalue weighted by molar-refractivity contribution is -0.258. The molecular formula is C27H26ClF3N2O2S2. The maximum atomic E-state index is 13.5. The van der Waals surface area contributed by atoms with Crippen LogP contribution in [0.3, 0.4) is 0 Å². The summed E-state index contributed by atoms with van der Waals surface area (Å²) in [7, 11) is -1.41. The standard InChI is InChI=1S/C27H26ClF3N2O2S2/c1-25(2,3)37(35)33-23(18-9-5-6-11-20(18)28)22-14-16-8-7-10-19(24(16)36-22)21-15-17(12-13-32-21)26(4,34)27(29,30)31/h5-15,23,33-34H,1-4H3/t23-,26-,37?/m1/s1. The highest BCUT2D eigenvalue weighted by Gasteiger charge is 2.51. The third kappa shape index (κ3) is 5.61. The number of nitrogens with zero attached hydrogens (tertiary/aromatic N) is 1. The van der Waals surface area contributed by atoms with E-state index in [9.17, 15) is 22.5 Å². The monoisotopic (exact) mass is 566 g/mol. The first-order valence-electron chi connectivity index (χ1n) is 11.4. The first-order chi connectivity index (χ1) is 17.2. The van der Waals surface area contributed by atoms with E-state index in [0.717, 1.165) is 33.5 Å². The van der Waals surface area contributed by atoms with Crippen LogP contribution in [-0.4, -0.2) is 25.2 Å². The molecule has 2 N–H and O–H groups in total. The minimum atomic E-state index is -4.84. The van der Waals surface area contributed by atoms with Crippen molar-refractivity contribution in [3.63, 3.8) is 0 Å². The van der Waals surface area contributed by atoms with Crippen molar-refractivity contribution in [2.45, 2.75) is 50.3 Å². The van der Waals surface area contributed by atoms with Gasteiger partial charge in [0.2, 0.25) is 0 Å². The van der Waals surface area contributed by atoms with Gasteiger partial charge >= 0.3 is 6.18 Å². The molecule has 0 radical (unpaired) electrons. The Morgan fingerprint density at radius 2 is 1.73 bits per heavy atom. The third-order valence-corrected chi connectivity index (χ3v) is 9.15. The number of benzene rings is 2. The predicted molar refractivity (Wildman–Crippen MR) is 145 cm³/mol. The lowest BCUT2D eigenvalue weighted by Crippen LogP contribution is -2.39. The maximum Gasteiger partial charge on any atom is 0.421 e. The van der Waals surface area contributed by atoms with Crippen molar-refractivity contribution in [1.29, 1.82) is 0 Å². The van der Waals surface area contributed by atoms with E-state index < -0.39 is 33.6 Å². The molecule has 1 unspecified atom stereocenters. The normalized spacial score (nSPS) is 15.9. The molecular weight excluding hydrogens is 541 g/mol. The Labute approximate surface area is 225 Å². The fourth-order valence-corrected chi connectivity index (χ4v) is 6.13. The van der Waals surface area contributed by atoms with Gasteiger partial charge in [0.15, 0.2) is 5.60 Å². The van der Waals surface area contributed by atoms with Crippen LogP contribution < -0.4 is 4.72 Å². The quantitative estimate of drug-likeness (QED) is 0.254. The first-order valence-corrected chi connectivity index (χ1v) is 13.8. The van der Waals surface area contributed by atoms with Crippen molar-refractivity contribution in [1.82, 2.24) is 9.71 Å². The fourth-order valence-electron chi connectivity index (χ4n) is 3.74. The zero-order chi connectivity index (χ0) is 27.2. The maximum absolute atomic E-state index is 13.5. The van der Waals surface area contributed by atoms with Gasteiger partial charge in [-0.1, -0.05) is 48.0 Å². The van der Waals surface area contributed by atoms with E-state index in [1.807, 2.05) is 51.1 Å². The molecule has 10 heteroatoms. The molecule has 37 heavy (non-hydrogen) atoms. The largest absolute Gasteiger partial charge is 0.421 e. The van der Waals surface area contributed by atoms with Crippen LogP contribution in [0.15, 0.2) is 66.9 Å². The summed E-state index contributed by atoms with van der Waals surface area (Å²) in [4.78, 5) is 5.14. The molecule has 0 aliphatic carbocycles. The molecule has 0 amide bonds. The van der Waals surface area contributed by atoms with Crippen LogP contribution in [0.25, 0.3) is 21.3 Å². The lowest BCUT2D eigenvalue weighted by Gasteiger charge is -2.26. The molecule has 0 aliphatic rings. The number of aromatic nitrogens is 1. The number of pyridine rings is 1. The number of hydrogen-bond donors (Lipinski definition) is 2. The summed E-state index contributed by atoms with van der Waals surface area (Å²) in [5.74, 6) is 0. The topological polar surface area (TPSA) is 62.2 Å². The first kappa shape index (κ1) is 27.7. The number of halogens is 4. The molecule has 4 rings (SSSR count).